The zero-order valence-electron chi connectivity index (χ0n) is 13.4. The largest absolute Gasteiger partial charge is 0.469 e. The lowest BCUT2D eigenvalue weighted by atomic mass is 9.83. The monoisotopic (exact) mass is 318 g/mol. The standard InChI is InChI=1S/C17H22N2O4/c1-23-17(22)7-3-5-15(20)18-9-12-8-13(11-18)14-4-2-6-16(21)19(14)10-12/h2,4,6,12-13H,3,5,7-11H2,1H3/t12-,13+/m1/s1. The van der Waals surface area contributed by atoms with Gasteiger partial charge in [0.1, 0.15) is 0 Å². The fraction of sp³-hybridized carbons (Fsp3) is 0.588. The molecule has 1 aromatic rings. The molecule has 0 spiro atoms. The molecule has 1 fully saturated rings. The number of likely N-dealkylation sites (tertiary alicyclic amines) is 1. The Balaban J connectivity index is 1.64. The molecule has 23 heavy (non-hydrogen) atoms. The number of ether oxygens (including phenoxy) is 1. The van der Waals surface area contributed by atoms with Crippen molar-refractivity contribution < 1.29 is 14.3 Å². The van der Waals surface area contributed by atoms with Crippen LogP contribution in [0.4, 0.5) is 0 Å². The van der Waals surface area contributed by atoms with E-state index in [9.17, 15) is 14.4 Å². The molecule has 124 valence electrons. The summed E-state index contributed by atoms with van der Waals surface area (Å²) >= 11 is 0. The first kappa shape index (κ1) is 15.8. The topological polar surface area (TPSA) is 68.6 Å². The van der Waals surface area contributed by atoms with Gasteiger partial charge in [-0.2, -0.15) is 0 Å². The lowest BCUT2D eigenvalue weighted by Crippen LogP contribution is -2.49. The molecule has 2 aliphatic rings. The van der Waals surface area contributed by atoms with Crippen LogP contribution in [-0.2, 0) is 20.9 Å². The second-order valence-corrected chi connectivity index (χ2v) is 6.43. The molecule has 0 aromatic carbocycles. The Morgan fingerprint density at radius 3 is 2.83 bits per heavy atom. The summed E-state index contributed by atoms with van der Waals surface area (Å²) in [7, 11) is 1.36. The normalized spacial score (nSPS) is 22.4. The molecular weight excluding hydrogens is 296 g/mol. The number of methoxy groups -OCH3 is 1. The van der Waals surface area contributed by atoms with E-state index in [2.05, 4.69) is 4.74 Å². The molecule has 2 aliphatic heterocycles. The number of amides is 1. The Bertz CT molecular complexity index is 667. The van der Waals surface area contributed by atoms with Crippen LogP contribution < -0.4 is 5.56 Å². The summed E-state index contributed by atoms with van der Waals surface area (Å²) in [5, 5.41) is 0. The SMILES string of the molecule is COC(=O)CCCC(=O)N1C[C@H]2C[C@@H](C1)c1cccc(=O)n1C2. The quantitative estimate of drug-likeness (QED) is 0.781. The van der Waals surface area contributed by atoms with Crippen molar-refractivity contribution in [2.45, 2.75) is 38.1 Å². The number of aromatic nitrogens is 1. The van der Waals surface area contributed by atoms with Crippen molar-refractivity contribution in [3.8, 4) is 0 Å². The van der Waals surface area contributed by atoms with Gasteiger partial charge in [0.05, 0.1) is 7.11 Å². The number of pyridine rings is 1. The highest BCUT2D eigenvalue weighted by Gasteiger charge is 2.35. The van der Waals surface area contributed by atoms with Crippen LogP contribution in [0.5, 0.6) is 0 Å². The summed E-state index contributed by atoms with van der Waals surface area (Å²) in [6.45, 7) is 2.06. The number of hydrogen-bond donors (Lipinski definition) is 0. The minimum Gasteiger partial charge on any atom is -0.469 e. The molecule has 0 aliphatic carbocycles. The van der Waals surface area contributed by atoms with Crippen molar-refractivity contribution >= 4 is 11.9 Å². The molecule has 0 unspecified atom stereocenters. The van der Waals surface area contributed by atoms with E-state index in [-0.39, 0.29) is 29.8 Å². The average Bonchev–Trinajstić information content (AvgIpc) is 2.55. The van der Waals surface area contributed by atoms with Gasteiger partial charge in [0.2, 0.25) is 5.91 Å². The second-order valence-electron chi connectivity index (χ2n) is 6.43. The number of nitrogens with zero attached hydrogens (tertiary/aromatic N) is 2. The van der Waals surface area contributed by atoms with Crippen molar-refractivity contribution in [2.24, 2.45) is 5.92 Å². The van der Waals surface area contributed by atoms with E-state index in [1.807, 2.05) is 15.5 Å². The predicted octanol–water partition coefficient (Wildman–Crippen LogP) is 1.14. The summed E-state index contributed by atoms with van der Waals surface area (Å²) in [4.78, 5) is 37.4. The maximum absolute atomic E-state index is 12.4. The minimum absolute atomic E-state index is 0.0510. The number of hydrogen-bond acceptors (Lipinski definition) is 4. The molecule has 1 amide bonds. The second kappa shape index (κ2) is 6.56. The molecule has 1 saturated heterocycles. The van der Waals surface area contributed by atoms with Crippen LogP contribution in [0.15, 0.2) is 23.0 Å². The molecule has 2 bridgehead atoms. The van der Waals surface area contributed by atoms with Crippen LogP contribution in [0.3, 0.4) is 0 Å². The first-order valence-corrected chi connectivity index (χ1v) is 8.13. The molecular formula is C17H22N2O4. The highest BCUT2D eigenvalue weighted by atomic mass is 16.5. The zero-order valence-corrected chi connectivity index (χ0v) is 13.4. The molecule has 3 rings (SSSR count). The lowest BCUT2D eigenvalue weighted by Gasteiger charge is -2.42. The molecule has 0 N–H and O–H groups in total. The van der Waals surface area contributed by atoms with Gasteiger partial charge in [-0.1, -0.05) is 6.07 Å². The third-order valence-corrected chi connectivity index (χ3v) is 4.83. The average molecular weight is 318 g/mol. The van der Waals surface area contributed by atoms with Gasteiger partial charge in [-0.15, -0.1) is 0 Å². The fourth-order valence-electron chi connectivity index (χ4n) is 3.74. The van der Waals surface area contributed by atoms with Gasteiger partial charge in [0.25, 0.3) is 5.56 Å². The third-order valence-electron chi connectivity index (χ3n) is 4.83. The Kier molecular flexibility index (Phi) is 4.50. The van der Waals surface area contributed by atoms with Crippen molar-refractivity contribution in [1.82, 2.24) is 9.47 Å². The Morgan fingerprint density at radius 2 is 2.04 bits per heavy atom. The van der Waals surface area contributed by atoms with E-state index in [1.165, 1.54) is 7.11 Å². The highest BCUT2D eigenvalue weighted by Crippen LogP contribution is 2.35. The van der Waals surface area contributed by atoms with Crippen LogP contribution in [0.2, 0.25) is 0 Å². The maximum atomic E-state index is 12.4. The molecule has 6 heteroatoms. The summed E-state index contributed by atoms with van der Waals surface area (Å²) in [6.07, 6.45) is 2.21. The number of esters is 1. The van der Waals surface area contributed by atoms with Crippen molar-refractivity contribution in [2.75, 3.05) is 20.2 Å². The Hall–Kier alpha value is -2.11. The maximum Gasteiger partial charge on any atom is 0.305 e. The summed E-state index contributed by atoms with van der Waals surface area (Å²) in [5.74, 6) is 0.392. The van der Waals surface area contributed by atoms with Crippen LogP contribution in [0.25, 0.3) is 0 Å². The van der Waals surface area contributed by atoms with Crippen LogP contribution >= 0.6 is 0 Å². The molecule has 6 nitrogen and oxygen atoms in total. The molecule has 2 atom stereocenters. The van der Waals surface area contributed by atoms with Crippen molar-refractivity contribution in [3.63, 3.8) is 0 Å². The smallest absolute Gasteiger partial charge is 0.305 e. The first-order chi connectivity index (χ1) is 11.1. The molecule has 1 aromatic heterocycles. The number of piperidine rings is 1. The van der Waals surface area contributed by atoms with E-state index in [4.69, 9.17) is 0 Å². The predicted molar refractivity (Wildman–Crippen MR) is 84.0 cm³/mol. The van der Waals surface area contributed by atoms with Crippen molar-refractivity contribution in [1.29, 1.82) is 0 Å². The van der Waals surface area contributed by atoms with Crippen molar-refractivity contribution in [3.05, 3.63) is 34.2 Å². The number of fused-ring (bicyclic) bond motifs is 4. The fourth-order valence-corrected chi connectivity index (χ4v) is 3.74. The lowest BCUT2D eigenvalue weighted by molar-refractivity contribution is -0.141. The third kappa shape index (κ3) is 3.30. The van der Waals surface area contributed by atoms with Gasteiger partial charge in [-0.05, 0) is 24.8 Å². The first-order valence-electron chi connectivity index (χ1n) is 8.13. The minimum atomic E-state index is -0.276. The number of carbonyl (C=O) groups excluding carboxylic acids is 2. The number of rotatable bonds is 4. The van der Waals surface area contributed by atoms with E-state index < -0.39 is 0 Å². The summed E-state index contributed by atoms with van der Waals surface area (Å²) < 4.78 is 6.45. The van der Waals surface area contributed by atoms with Crippen LogP contribution in [-0.4, -0.2) is 41.5 Å². The van der Waals surface area contributed by atoms with Crippen LogP contribution in [0.1, 0.15) is 37.3 Å². The van der Waals surface area contributed by atoms with Gasteiger partial charge in [0, 0.05) is 50.2 Å². The Labute approximate surface area is 135 Å². The van der Waals surface area contributed by atoms with Gasteiger partial charge >= 0.3 is 5.97 Å². The van der Waals surface area contributed by atoms with Gasteiger partial charge in [-0.3, -0.25) is 14.4 Å². The van der Waals surface area contributed by atoms with E-state index in [0.717, 1.165) is 12.1 Å². The highest BCUT2D eigenvalue weighted by molar-refractivity contribution is 5.77. The van der Waals surface area contributed by atoms with E-state index in [1.54, 1.807) is 12.1 Å². The Morgan fingerprint density at radius 1 is 1.22 bits per heavy atom. The van der Waals surface area contributed by atoms with Gasteiger partial charge in [-0.25, -0.2) is 0 Å². The molecule has 0 saturated carbocycles. The van der Waals surface area contributed by atoms with E-state index >= 15 is 0 Å². The number of carbonyl (C=O) groups is 2. The van der Waals surface area contributed by atoms with Gasteiger partial charge < -0.3 is 14.2 Å². The summed E-state index contributed by atoms with van der Waals surface area (Å²) in [6, 6.07) is 5.39. The molecule has 3 heterocycles. The summed E-state index contributed by atoms with van der Waals surface area (Å²) in [5.41, 5.74) is 1.09. The van der Waals surface area contributed by atoms with Gasteiger partial charge in [0.15, 0.2) is 0 Å². The van der Waals surface area contributed by atoms with Crippen LogP contribution in [0, 0.1) is 5.92 Å². The zero-order chi connectivity index (χ0) is 16.4. The van der Waals surface area contributed by atoms with E-state index in [0.29, 0.717) is 38.4 Å². The molecule has 0 radical (unpaired) electrons.